The minimum absolute atomic E-state index is 0.767. The van der Waals surface area contributed by atoms with E-state index in [1.165, 1.54) is 65.5 Å². The molecule has 0 aliphatic carbocycles. The van der Waals surface area contributed by atoms with Crippen LogP contribution in [0, 0.1) is 0 Å². The molecular formula is C80H50N6. The number of para-hydroxylation sites is 6. The van der Waals surface area contributed by atoms with E-state index in [2.05, 4.69) is 322 Å². The zero-order valence-corrected chi connectivity index (χ0v) is 46.6. The van der Waals surface area contributed by atoms with E-state index in [-0.39, 0.29) is 0 Å². The first-order valence-corrected chi connectivity index (χ1v) is 29.4. The van der Waals surface area contributed by atoms with Crippen LogP contribution in [0.15, 0.2) is 303 Å². The van der Waals surface area contributed by atoms with Crippen molar-refractivity contribution in [2.75, 3.05) is 0 Å². The highest BCUT2D eigenvalue weighted by molar-refractivity contribution is 6.15. The van der Waals surface area contributed by atoms with Crippen LogP contribution in [0.25, 0.3) is 166 Å². The Hall–Kier alpha value is -11.6. The second kappa shape index (κ2) is 19.0. The summed E-state index contributed by atoms with van der Waals surface area (Å²) >= 11 is 0. The van der Waals surface area contributed by atoms with E-state index >= 15 is 0 Å². The van der Waals surface area contributed by atoms with Crippen molar-refractivity contribution in [1.29, 1.82) is 0 Å². The van der Waals surface area contributed by atoms with Gasteiger partial charge in [0.2, 0.25) is 0 Å². The number of hydrogen-bond acceptors (Lipinski definition) is 2. The fourth-order valence-corrected chi connectivity index (χ4v) is 13.9. The van der Waals surface area contributed by atoms with E-state index in [0.29, 0.717) is 0 Å². The maximum Gasteiger partial charge on any atom is 0.165 e. The van der Waals surface area contributed by atoms with Gasteiger partial charge in [0.15, 0.2) is 5.82 Å². The molecule has 0 unspecified atom stereocenters. The van der Waals surface area contributed by atoms with Gasteiger partial charge in [-0.1, -0.05) is 188 Å². The van der Waals surface area contributed by atoms with Crippen molar-refractivity contribution in [2.24, 2.45) is 0 Å². The Bertz CT molecular complexity index is 5770. The topological polar surface area (TPSA) is 45.5 Å². The van der Waals surface area contributed by atoms with Gasteiger partial charge in [0.1, 0.15) is 5.69 Å². The van der Waals surface area contributed by atoms with Crippen LogP contribution >= 0.6 is 0 Å². The third-order valence-corrected chi connectivity index (χ3v) is 17.8. The predicted molar refractivity (Wildman–Crippen MR) is 359 cm³/mol. The molecule has 0 amide bonds. The average Bonchev–Trinajstić information content (AvgIpc) is 1.88. The molecular weight excluding hydrogens is 1040 g/mol. The SMILES string of the molecule is c1ccc(-c2ccccc2-c2nc3ccc(-n4c5ccccc5c5cc(-c6ccc7c(c6)c6ccccc6n7-c6ccccc6)ccc54)cc3nc2-n2c3ccccc3c3cc(-c4ccc5c(c4)c4ccccc4n5-c4ccccc4)ccc32)cc1. The monoisotopic (exact) mass is 1090 g/mol. The Kier molecular flexibility index (Phi) is 10.6. The second-order valence-electron chi connectivity index (χ2n) is 22.5. The Morgan fingerprint density at radius 1 is 0.198 bits per heavy atom. The third kappa shape index (κ3) is 7.33. The van der Waals surface area contributed by atoms with Crippen molar-refractivity contribution in [2.45, 2.75) is 0 Å². The number of aromatic nitrogens is 6. The molecule has 5 heterocycles. The molecule has 400 valence electrons. The minimum Gasteiger partial charge on any atom is -0.309 e. The lowest BCUT2D eigenvalue weighted by Gasteiger charge is -2.17. The van der Waals surface area contributed by atoms with Crippen molar-refractivity contribution in [1.82, 2.24) is 28.2 Å². The van der Waals surface area contributed by atoms with Crippen molar-refractivity contribution >= 4 is 98.3 Å². The summed E-state index contributed by atoms with van der Waals surface area (Å²) in [5.41, 5.74) is 22.7. The van der Waals surface area contributed by atoms with Gasteiger partial charge in [-0.2, -0.15) is 0 Å². The van der Waals surface area contributed by atoms with Gasteiger partial charge in [-0.05, 0) is 149 Å². The summed E-state index contributed by atoms with van der Waals surface area (Å²) in [5.74, 6) is 0.767. The molecule has 0 saturated heterocycles. The van der Waals surface area contributed by atoms with Crippen molar-refractivity contribution in [3.05, 3.63) is 303 Å². The Balaban J connectivity index is 0.810. The van der Waals surface area contributed by atoms with Gasteiger partial charge in [-0.25, -0.2) is 9.97 Å². The van der Waals surface area contributed by atoms with Crippen LogP contribution in [-0.2, 0) is 0 Å². The summed E-state index contributed by atoms with van der Waals surface area (Å²) in [6, 6.07) is 110. The average molecular weight is 1100 g/mol. The molecule has 5 aromatic heterocycles. The molecule has 0 radical (unpaired) electrons. The van der Waals surface area contributed by atoms with Gasteiger partial charge in [-0.3, -0.25) is 4.57 Å². The molecule has 0 atom stereocenters. The largest absolute Gasteiger partial charge is 0.309 e. The number of rotatable bonds is 8. The van der Waals surface area contributed by atoms with Crippen LogP contribution in [0.1, 0.15) is 0 Å². The quantitative estimate of drug-likeness (QED) is 0.152. The molecule has 18 aromatic rings. The van der Waals surface area contributed by atoms with E-state index < -0.39 is 0 Å². The molecule has 13 aromatic carbocycles. The van der Waals surface area contributed by atoms with E-state index in [0.717, 1.165) is 100 Å². The molecule has 0 saturated carbocycles. The summed E-state index contributed by atoms with van der Waals surface area (Å²) < 4.78 is 9.49. The number of benzene rings is 13. The lowest BCUT2D eigenvalue weighted by molar-refractivity contribution is 1.08. The van der Waals surface area contributed by atoms with Crippen LogP contribution in [0.5, 0.6) is 0 Å². The highest BCUT2D eigenvalue weighted by Gasteiger charge is 2.24. The van der Waals surface area contributed by atoms with Gasteiger partial charge >= 0.3 is 0 Å². The van der Waals surface area contributed by atoms with Crippen molar-refractivity contribution in [3.8, 4) is 67.5 Å². The molecule has 0 fully saturated rings. The number of fused-ring (bicyclic) bond motifs is 13. The van der Waals surface area contributed by atoms with Crippen LogP contribution in [0.3, 0.4) is 0 Å². The van der Waals surface area contributed by atoms with Crippen LogP contribution in [-0.4, -0.2) is 28.2 Å². The summed E-state index contributed by atoms with van der Waals surface area (Å²) in [6.07, 6.45) is 0. The fourth-order valence-electron chi connectivity index (χ4n) is 13.9. The zero-order valence-electron chi connectivity index (χ0n) is 46.6. The normalized spacial score (nSPS) is 12.0. The van der Waals surface area contributed by atoms with E-state index in [9.17, 15) is 0 Å². The maximum absolute atomic E-state index is 5.84. The van der Waals surface area contributed by atoms with Gasteiger partial charge in [-0.15, -0.1) is 0 Å². The minimum atomic E-state index is 0.767. The highest BCUT2D eigenvalue weighted by Crippen LogP contribution is 2.44. The lowest BCUT2D eigenvalue weighted by Crippen LogP contribution is -2.05. The van der Waals surface area contributed by atoms with Gasteiger partial charge < -0.3 is 13.7 Å². The first-order valence-electron chi connectivity index (χ1n) is 29.4. The van der Waals surface area contributed by atoms with Crippen LogP contribution in [0.2, 0.25) is 0 Å². The Morgan fingerprint density at radius 2 is 0.547 bits per heavy atom. The molecule has 86 heavy (non-hydrogen) atoms. The standard InChI is InChI=1S/C80H50N6/c1-4-20-51(21-5-1)59-26-10-11-31-64(59)79-80(86-74-35-19-15-30-63(74)68-49-55(39-45-78(68)86)53-37-43-76-66(47-53)61-28-13-17-33-72(61)84(76)57-24-8-3-9-25-57)82-70-50-58(40-41-69(70)81-79)85-73-34-18-14-29-62(73)67-48-54(38-44-77(67)85)52-36-42-75-65(46-52)60-27-12-16-32-71(60)83(75)56-22-6-2-7-23-56/h1-50H. The number of hydrogen-bond donors (Lipinski definition) is 0. The molecule has 0 aliphatic rings. The van der Waals surface area contributed by atoms with Crippen molar-refractivity contribution < 1.29 is 0 Å². The first kappa shape index (κ1) is 48.0. The smallest absolute Gasteiger partial charge is 0.165 e. The maximum atomic E-state index is 5.84. The summed E-state index contributed by atoms with van der Waals surface area (Å²) in [6.45, 7) is 0. The first-order chi connectivity index (χ1) is 42.7. The fraction of sp³-hybridized carbons (Fsp3) is 0. The zero-order chi connectivity index (χ0) is 56.4. The predicted octanol–water partition coefficient (Wildman–Crippen LogP) is 20.7. The molecule has 0 N–H and O–H groups in total. The van der Waals surface area contributed by atoms with Crippen LogP contribution < -0.4 is 0 Å². The molecule has 18 rings (SSSR count). The summed E-state index contributed by atoms with van der Waals surface area (Å²) in [7, 11) is 0. The van der Waals surface area contributed by atoms with Crippen molar-refractivity contribution in [3.63, 3.8) is 0 Å². The molecule has 0 aliphatic heterocycles. The second-order valence-corrected chi connectivity index (χ2v) is 22.5. The van der Waals surface area contributed by atoms with Gasteiger partial charge in [0.25, 0.3) is 0 Å². The molecule has 6 nitrogen and oxygen atoms in total. The Morgan fingerprint density at radius 3 is 1.00 bits per heavy atom. The third-order valence-electron chi connectivity index (χ3n) is 17.8. The van der Waals surface area contributed by atoms with Gasteiger partial charge in [0.05, 0.1) is 55.2 Å². The molecule has 0 bridgehead atoms. The van der Waals surface area contributed by atoms with E-state index in [4.69, 9.17) is 9.97 Å². The lowest BCUT2D eigenvalue weighted by atomic mass is 9.97. The summed E-state index contributed by atoms with van der Waals surface area (Å²) in [4.78, 5) is 11.5. The van der Waals surface area contributed by atoms with Crippen LogP contribution in [0.4, 0.5) is 0 Å². The van der Waals surface area contributed by atoms with Gasteiger partial charge in [0, 0.05) is 65.7 Å². The molecule has 6 heteroatoms. The van der Waals surface area contributed by atoms with E-state index in [1.54, 1.807) is 0 Å². The highest BCUT2D eigenvalue weighted by atomic mass is 15.1. The molecule has 0 spiro atoms. The Labute approximate surface area is 494 Å². The number of nitrogens with zero attached hydrogens (tertiary/aromatic N) is 6. The van der Waals surface area contributed by atoms with E-state index in [1.807, 2.05) is 0 Å². The summed E-state index contributed by atoms with van der Waals surface area (Å²) in [5, 5.41) is 9.59.